The van der Waals surface area contributed by atoms with Crippen LogP contribution < -0.4 is 5.32 Å². The lowest BCUT2D eigenvalue weighted by atomic mass is 10.1. The van der Waals surface area contributed by atoms with E-state index in [1.807, 2.05) is 43.9 Å². The van der Waals surface area contributed by atoms with Crippen molar-refractivity contribution in [2.45, 2.75) is 90.4 Å². The van der Waals surface area contributed by atoms with E-state index < -0.39 is 13.9 Å². The summed E-state index contributed by atoms with van der Waals surface area (Å²) in [4.78, 5) is 14.7. The Hall–Kier alpha value is -1.37. The summed E-state index contributed by atoms with van der Waals surface area (Å²) in [6.45, 7) is 19.2. The highest BCUT2D eigenvalue weighted by molar-refractivity contribution is 6.74. The number of amides is 1. The molecule has 1 aliphatic heterocycles. The summed E-state index contributed by atoms with van der Waals surface area (Å²) < 4.78 is 12.4. The lowest BCUT2D eigenvalue weighted by Gasteiger charge is -2.40. The Balaban J connectivity index is 2.11. The molecule has 0 bridgehead atoms. The van der Waals surface area contributed by atoms with Gasteiger partial charge in [-0.3, -0.25) is 0 Å². The van der Waals surface area contributed by atoms with Gasteiger partial charge in [-0.05, 0) is 50.9 Å². The molecule has 1 fully saturated rings. The van der Waals surface area contributed by atoms with Crippen LogP contribution in [0.15, 0.2) is 30.3 Å². The fourth-order valence-corrected chi connectivity index (χ4v) is 4.65. The maximum atomic E-state index is 12.8. The van der Waals surface area contributed by atoms with Crippen molar-refractivity contribution in [1.82, 2.24) is 10.2 Å². The van der Waals surface area contributed by atoms with Crippen LogP contribution in [0.1, 0.15) is 53.5 Å². The summed E-state index contributed by atoms with van der Waals surface area (Å²) in [6.07, 6.45) is 0.640. The molecular formula is C23H40N2O3Si. The molecule has 1 aromatic rings. The highest BCUT2D eigenvalue weighted by atomic mass is 28.4. The summed E-state index contributed by atoms with van der Waals surface area (Å²) in [6, 6.07) is 10.3. The molecule has 1 aliphatic rings. The number of carbonyl (C=O) groups is 1. The summed E-state index contributed by atoms with van der Waals surface area (Å²) in [7, 11) is -1.93. The lowest BCUT2D eigenvalue weighted by molar-refractivity contribution is 0.0164. The molecule has 1 amide bonds. The second-order valence-corrected chi connectivity index (χ2v) is 15.3. The monoisotopic (exact) mass is 420 g/mol. The minimum atomic E-state index is -1.93. The number of nitrogens with zero attached hydrogens (tertiary/aromatic N) is 1. The van der Waals surface area contributed by atoms with Crippen LogP contribution in [0.3, 0.4) is 0 Å². The van der Waals surface area contributed by atoms with Gasteiger partial charge in [0.05, 0.1) is 12.1 Å². The Kier molecular flexibility index (Phi) is 7.57. The largest absolute Gasteiger partial charge is 0.444 e. The minimum Gasteiger partial charge on any atom is -0.444 e. The third kappa shape index (κ3) is 6.83. The predicted molar refractivity (Wildman–Crippen MR) is 122 cm³/mol. The number of carbonyl (C=O) groups excluding carboxylic acids is 1. The van der Waals surface area contributed by atoms with Crippen molar-refractivity contribution in [3.8, 4) is 0 Å². The van der Waals surface area contributed by atoms with Crippen LogP contribution in [0.2, 0.25) is 18.1 Å². The Morgan fingerprint density at radius 2 is 1.76 bits per heavy atom. The van der Waals surface area contributed by atoms with Gasteiger partial charge in [-0.2, -0.15) is 0 Å². The zero-order chi connectivity index (χ0) is 21.9. The summed E-state index contributed by atoms with van der Waals surface area (Å²) in [5.74, 6) is 0. The first-order valence-corrected chi connectivity index (χ1v) is 13.6. The van der Waals surface area contributed by atoms with Crippen molar-refractivity contribution in [1.29, 1.82) is 0 Å². The van der Waals surface area contributed by atoms with Crippen molar-refractivity contribution in [3.63, 3.8) is 0 Å². The molecule has 1 aromatic carbocycles. The van der Waals surface area contributed by atoms with E-state index in [1.165, 1.54) is 5.56 Å². The molecule has 29 heavy (non-hydrogen) atoms. The van der Waals surface area contributed by atoms with Crippen LogP contribution >= 0.6 is 0 Å². The minimum absolute atomic E-state index is 0.0253. The fourth-order valence-electron chi connectivity index (χ4n) is 3.27. The number of nitrogens with one attached hydrogen (secondary N) is 1. The van der Waals surface area contributed by atoms with Crippen LogP contribution in [-0.2, 0) is 15.7 Å². The molecule has 2 atom stereocenters. The van der Waals surface area contributed by atoms with Crippen LogP contribution in [0.25, 0.3) is 0 Å². The van der Waals surface area contributed by atoms with Gasteiger partial charge in [0.1, 0.15) is 5.60 Å². The number of benzene rings is 1. The van der Waals surface area contributed by atoms with E-state index in [0.29, 0.717) is 13.1 Å². The molecule has 6 heteroatoms. The van der Waals surface area contributed by atoms with Gasteiger partial charge >= 0.3 is 6.09 Å². The van der Waals surface area contributed by atoms with Gasteiger partial charge in [0.25, 0.3) is 0 Å². The maximum Gasteiger partial charge on any atom is 0.410 e. The highest BCUT2D eigenvalue weighted by Crippen LogP contribution is 2.39. The number of rotatable bonds is 6. The molecule has 0 saturated carbocycles. The van der Waals surface area contributed by atoms with E-state index in [9.17, 15) is 4.79 Å². The molecule has 1 N–H and O–H groups in total. The second kappa shape index (κ2) is 9.19. The van der Waals surface area contributed by atoms with Gasteiger partial charge in [0.2, 0.25) is 0 Å². The lowest BCUT2D eigenvalue weighted by Crippen LogP contribution is -2.52. The first-order chi connectivity index (χ1) is 13.3. The third-order valence-electron chi connectivity index (χ3n) is 5.89. The average Bonchev–Trinajstić information content (AvgIpc) is 2.95. The van der Waals surface area contributed by atoms with Crippen molar-refractivity contribution in [2.24, 2.45) is 0 Å². The predicted octanol–water partition coefficient (Wildman–Crippen LogP) is 5.18. The number of hydrogen-bond acceptors (Lipinski definition) is 4. The first kappa shape index (κ1) is 23.9. The second-order valence-electron chi connectivity index (χ2n) is 10.6. The van der Waals surface area contributed by atoms with E-state index in [-0.39, 0.29) is 23.3 Å². The zero-order valence-corrected chi connectivity index (χ0v) is 20.5. The maximum absolute atomic E-state index is 12.8. The molecule has 0 radical (unpaired) electrons. The summed E-state index contributed by atoms with van der Waals surface area (Å²) in [5, 5.41) is 3.67. The Bertz CT molecular complexity index is 665. The highest BCUT2D eigenvalue weighted by Gasteiger charge is 2.45. The van der Waals surface area contributed by atoms with Crippen LogP contribution in [-0.4, -0.2) is 50.1 Å². The Morgan fingerprint density at radius 1 is 1.14 bits per heavy atom. The van der Waals surface area contributed by atoms with E-state index in [4.69, 9.17) is 9.16 Å². The quantitative estimate of drug-likeness (QED) is 0.645. The smallest absolute Gasteiger partial charge is 0.410 e. The molecular weight excluding hydrogens is 380 g/mol. The van der Waals surface area contributed by atoms with Gasteiger partial charge in [0.15, 0.2) is 8.32 Å². The molecule has 2 unspecified atom stereocenters. The standard InChI is InChI=1S/C23H40N2O3Si/c1-22(2,3)27-21(26)25-15-14-20(28-29(7,8)23(4,5)6)19(25)17-24-16-18-12-10-9-11-13-18/h9-13,19-20,24H,14-17H2,1-8H3. The molecule has 1 saturated heterocycles. The number of likely N-dealkylation sites (tertiary alicyclic amines) is 1. The Morgan fingerprint density at radius 3 is 2.31 bits per heavy atom. The average molecular weight is 421 g/mol. The topological polar surface area (TPSA) is 50.8 Å². The van der Waals surface area contributed by atoms with Crippen LogP contribution in [0.4, 0.5) is 4.79 Å². The Labute approximate surface area is 178 Å². The molecule has 0 aromatic heterocycles. The van der Waals surface area contributed by atoms with E-state index in [2.05, 4.69) is 51.3 Å². The number of ether oxygens (including phenoxy) is 1. The van der Waals surface area contributed by atoms with Crippen molar-refractivity contribution >= 4 is 14.4 Å². The van der Waals surface area contributed by atoms with Gasteiger partial charge in [-0.1, -0.05) is 51.1 Å². The third-order valence-corrected chi connectivity index (χ3v) is 10.4. The SMILES string of the molecule is CC(C)(C)OC(=O)N1CCC(O[Si](C)(C)C(C)(C)C)C1CNCc1ccccc1. The van der Waals surface area contributed by atoms with Gasteiger partial charge in [-0.15, -0.1) is 0 Å². The van der Waals surface area contributed by atoms with Crippen LogP contribution in [0, 0.1) is 0 Å². The van der Waals surface area contributed by atoms with E-state index >= 15 is 0 Å². The molecule has 164 valence electrons. The number of hydrogen-bond donors (Lipinski definition) is 1. The van der Waals surface area contributed by atoms with Crippen molar-refractivity contribution < 1.29 is 14.0 Å². The molecule has 0 spiro atoms. The summed E-state index contributed by atoms with van der Waals surface area (Å²) >= 11 is 0. The van der Waals surface area contributed by atoms with Crippen molar-refractivity contribution in [2.75, 3.05) is 13.1 Å². The zero-order valence-electron chi connectivity index (χ0n) is 19.5. The van der Waals surface area contributed by atoms with E-state index in [1.54, 1.807) is 0 Å². The molecule has 5 nitrogen and oxygen atoms in total. The molecule has 2 rings (SSSR count). The molecule has 1 heterocycles. The first-order valence-electron chi connectivity index (χ1n) is 10.7. The van der Waals surface area contributed by atoms with Crippen LogP contribution in [0.5, 0.6) is 0 Å². The summed E-state index contributed by atoms with van der Waals surface area (Å²) in [5.41, 5.74) is 0.730. The van der Waals surface area contributed by atoms with Gasteiger partial charge in [-0.25, -0.2) is 4.79 Å². The normalized spacial score (nSPS) is 20.8. The fraction of sp³-hybridized carbons (Fsp3) is 0.696. The van der Waals surface area contributed by atoms with E-state index in [0.717, 1.165) is 13.0 Å². The van der Waals surface area contributed by atoms with Crippen molar-refractivity contribution in [3.05, 3.63) is 35.9 Å². The molecule has 0 aliphatic carbocycles. The van der Waals surface area contributed by atoms with Gasteiger partial charge < -0.3 is 19.4 Å². The van der Waals surface area contributed by atoms with Gasteiger partial charge in [0, 0.05) is 19.6 Å².